The molecule has 39 heavy (non-hydrogen) atoms. The lowest BCUT2D eigenvalue weighted by Crippen LogP contribution is -2.29. The summed E-state index contributed by atoms with van der Waals surface area (Å²) in [5.41, 5.74) is 3.33. The van der Waals surface area contributed by atoms with Crippen molar-refractivity contribution in [2.75, 3.05) is 32.8 Å². The zero-order valence-corrected chi connectivity index (χ0v) is 23.0. The average molecular weight is 522 g/mol. The SMILES string of the molecule is CCCCOc1ccc2c(C(=O)c3ccc(OCCN4CCCCCC4)cc3)c(-c3ccccc3)ccc2c1. The van der Waals surface area contributed by atoms with Crippen LogP contribution in [0.25, 0.3) is 21.9 Å². The minimum absolute atomic E-state index is 0.00946. The number of ketones is 1. The van der Waals surface area contributed by atoms with Crippen LogP contribution < -0.4 is 9.47 Å². The number of benzene rings is 4. The Morgan fingerprint density at radius 2 is 1.49 bits per heavy atom. The van der Waals surface area contributed by atoms with Crippen LogP contribution in [0.5, 0.6) is 11.5 Å². The molecule has 4 aromatic carbocycles. The maximum atomic E-state index is 14.0. The lowest BCUT2D eigenvalue weighted by Gasteiger charge is -2.19. The molecule has 1 aliphatic heterocycles. The summed E-state index contributed by atoms with van der Waals surface area (Å²) in [6, 6.07) is 27.9. The predicted octanol–water partition coefficient (Wildman–Crippen LogP) is 8.17. The van der Waals surface area contributed by atoms with Gasteiger partial charge in [-0.1, -0.05) is 68.7 Å². The van der Waals surface area contributed by atoms with Crippen molar-refractivity contribution in [1.29, 1.82) is 0 Å². The van der Waals surface area contributed by atoms with Gasteiger partial charge in [0.1, 0.15) is 18.1 Å². The molecule has 0 radical (unpaired) electrons. The standard InChI is InChI=1S/C35H39NO3/c1-2-3-24-38-31-18-20-33-29(26-31)15-19-32(27-11-7-6-8-12-27)34(33)35(37)28-13-16-30(17-14-28)39-25-23-36-21-9-4-5-10-22-36/h6-8,11-20,26H,2-5,9-10,21-25H2,1H3. The maximum Gasteiger partial charge on any atom is 0.194 e. The minimum Gasteiger partial charge on any atom is -0.494 e. The van der Waals surface area contributed by atoms with Crippen LogP contribution in [0.3, 0.4) is 0 Å². The van der Waals surface area contributed by atoms with Crippen molar-refractivity contribution in [3.8, 4) is 22.6 Å². The van der Waals surface area contributed by atoms with Gasteiger partial charge in [-0.25, -0.2) is 0 Å². The van der Waals surface area contributed by atoms with Gasteiger partial charge >= 0.3 is 0 Å². The van der Waals surface area contributed by atoms with E-state index in [2.05, 4.69) is 36.1 Å². The minimum atomic E-state index is 0.00946. The molecule has 0 spiro atoms. The Hall–Kier alpha value is -3.63. The molecule has 1 saturated heterocycles. The highest BCUT2D eigenvalue weighted by Gasteiger charge is 2.19. The number of hydrogen-bond donors (Lipinski definition) is 0. The quantitative estimate of drug-likeness (QED) is 0.147. The number of hydrogen-bond acceptors (Lipinski definition) is 4. The maximum absolute atomic E-state index is 14.0. The number of fused-ring (bicyclic) bond motifs is 1. The molecule has 4 nitrogen and oxygen atoms in total. The van der Waals surface area contributed by atoms with Crippen LogP contribution in [-0.2, 0) is 0 Å². The molecule has 0 bridgehead atoms. The molecule has 1 fully saturated rings. The summed E-state index contributed by atoms with van der Waals surface area (Å²) in [7, 11) is 0. The molecule has 0 amide bonds. The molecule has 5 rings (SSSR count). The molecular weight excluding hydrogens is 482 g/mol. The number of carbonyl (C=O) groups is 1. The molecule has 0 atom stereocenters. The van der Waals surface area contributed by atoms with Gasteiger partial charge < -0.3 is 9.47 Å². The average Bonchev–Trinajstić information content (AvgIpc) is 3.26. The number of nitrogens with zero attached hydrogens (tertiary/aromatic N) is 1. The van der Waals surface area contributed by atoms with Crippen molar-refractivity contribution in [1.82, 2.24) is 4.90 Å². The van der Waals surface area contributed by atoms with E-state index in [1.807, 2.05) is 60.7 Å². The van der Waals surface area contributed by atoms with Crippen LogP contribution in [0.2, 0.25) is 0 Å². The van der Waals surface area contributed by atoms with E-state index in [0.29, 0.717) is 24.3 Å². The molecule has 1 aliphatic rings. The van der Waals surface area contributed by atoms with Gasteiger partial charge in [-0.3, -0.25) is 9.69 Å². The van der Waals surface area contributed by atoms with Crippen molar-refractivity contribution in [2.24, 2.45) is 0 Å². The topological polar surface area (TPSA) is 38.8 Å². The molecule has 0 N–H and O–H groups in total. The lowest BCUT2D eigenvalue weighted by molar-refractivity contribution is 0.104. The summed E-state index contributed by atoms with van der Waals surface area (Å²) >= 11 is 0. The third-order valence-corrected chi connectivity index (χ3v) is 7.56. The monoisotopic (exact) mass is 521 g/mol. The summed E-state index contributed by atoms with van der Waals surface area (Å²) in [6.07, 6.45) is 7.35. The molecule has 0 aliphatic carbocycles. The summed E-state index contributed by atoms with van der Waals surface area (Å²) < 4.78 is 12.0. The largest absolute Gasteiger partial charge is 0.494 e. The van der Waals surface area contributed by atoms with Gasteiger partial charge in [0, 0.05) is 17.7 Å². The Bertz CT molecular complexity index is 1360. The Kier molecular flexibility index (Phi) is 9.29. The highest BCUT2D eigenvalue weighted by atomic mass is 16.5. The Morgan fingerprint density at radius 3 is 2.23 bits per heavy atom. The Labute approximate surface area is 232 Å². The van der Waals surface area contributed by atoms with Crippen molar-refractivity contribution in [3.05, 3.63) is 96.1 Å². The second-order valence-electron chi connectivity index (χ2n) is 10.4. The molecule has 1 heterocycles. The highest BCUT2D eigenvalue weighted by molar-refractivity contribution is 6.20. The van der Waals surface area contributed by atoms with Gasteiger partial charge in [0.2, 0.25) is 0 Å². The Balaban J connectivity index is 1.38. The van der Waals surface area contributed by atoms with Crippen molar-refractivity contribution in [3.63, 3.8) is 0 Å². The van der Waals surface area contributed by atoms with Crippen molar-refractivity contribution in [2.45, 2.75) is 45.4 Å². The van der Waals surface area contributed by atoms with Crippen LogP contribution in [-0.4, -0.2) is 43.5 Å². The van der Waals surface area contributed by atoms with Crippen LogP contribution in [0.15, 0.2) is 84.9 Å². The first-order valence-electron chi connectivity index (χ1n) is 14.5. The van der Waals surface area contributed by atoms with Crippen LogP contribution in [0.1, 0.15) is 61.4 Å². The lowest BCUT2D eigenvalue weighted by atomic mass is 9.89. The van der Waals surface area contributed by atoms with Gasteiger partial charge in [0.25, 0.3) is 0 Å². The number of likely N-dealkylation sites (tertiary alicyclic amines) is 1. The third kappa shape index (κ3) is 6.88. The van der Waals surface area contributed by atoms with E-state index in [9.17, 15) is 4.79 Å². The molecule has 0 saturated carbocycles. The first-order valence-corrected chi connectivity index (χ1v) is 14.5. The Morgan fingerprint density at radius 1 is 0.769 bits per heavy atom. The van der Waals surface area contributed by atoms with Crippen molar-refractivity contribution >= 4 is 16.6 Å². The highest BCUT2D eigenvalue weighted by Crippen LogP contribution is 2.34. The van der Waals surface area contributed by atoms with Crippen molar-refractivity contribution < 1.29 is 14.3 Å². The fourth-order valence-electron chi connectivity index (χ4n) is 5.33. The number of carbonyl (C=O) groups excluding carboxylic acids is 1. The van der Waals surface area contributed by atoms with Crippen LogP contribution in [0.4, 0.5) is 0 Å². The second kappa shape index (κ2) is 13.4. The first-order chi connectivity index (χ1) is 19.2. The van der Waals surface area contributed by atoms with E-state index in [4.69, 9.17) is 9.47 Å². The van der Waals surface area contributed by atoms with Gasteiger partial charge in [-0.2, -0.15) is 0 Å². The molecule has 0 aromatic heterocycles. The predicted molar refractivity (Wildman–Crippen MR) is 160 cm³/mol. The van der Waals surface area contributed by atoms with Gasteiger partial charge in [0.05, 0.1) is 6.61 Å². The normalized spacial score (nSPS) is 14.2. The number of rotatable bonds is 11. The summed E-state index contributed by atoms with van der Waals surface area (Å²) in [4.78, 5) is 16.5. The van der Waals surface area contributed by atoms with E-state index in [0.717, 1.165) is 65.9 Å². The third-order valence-electron chi connectivity index (χ3n) is 7.56. The van der Waals surface area contributed by atoms with E-state index < -0.39 is 0 Å². The van der Waals surface area contributed by atoms with Gasteiger partial charge in [-0.15, -0.1) is 0 Å². The summed E-state index contributed by atoms with van der Waals surface area (Å²) in [5, 5.41) is 1.93. The van der Waals surface area contributed by atoms with Gasteiger partial charge in [0.15, 0.2) is 5.78 Å². The summed E-state index contributed by atoms with van der Waals surface area (Å²) in [6.45, 7) is 6.79. The smallest absolute Gasteiger partial charge is 0.194 e. The number of unbranched alkanes of at least 4 members (excludes halogenated alkanes) is 1. The second-order valence-corrected chi connectivity index (χ2v) is 10.4. The molecule has 4 heteroatoms. The van der Waals surface area contributed by atoms with Crippen LogP contribution in [0, 0.1) is 0 Å². The molecule has 202 valence electrons. The molecule has 0 unspecified atom stereocenters. The van der Waals surface area contributed by atoms with E-state index in [1.54, 1.807) is 0 Å². The first kappa shape index (κ1) is 27.0. The van der Waals surface area contributed by atoms with Crippen LogP contribution >= 0.6 is 0 Å². The van der Waals surface area contributed by atoms with E-state index >= 15 is 0 Å². The molecular formula is C35H39NO3. The fourth-order valence-corrected chi connectivity index (χ4v) is 5.33. The van der Waals surface area contributed by atoms with E-state index in [1.165, 1.54) is 25.7 Å². The number of ether oxygens (including phenoxy) is 2. The fraction of sp³-hybridized carbons (Fsp3) is 0.343. The summed E-state index contributed by atoms with van der Waals surface area (Å²) in [5.74, 6) is 1.65. The molecule has 4 aromatic rings. The van der Waals surface area contributed by atoms with E-state index in [-0.39, 0.29) is 5.78 Å². The zero-order valence-electron chi connectivity index (χ0n) is 23.0. The van der Waals surface area contributed by atoms with Gasteiger partial charge in [-0.05, 0) is 96.7 Å². The zero-order chi connectivity index (χ0) is 26.9.